The predicted octanol–water partition coefficient (Wildman–Crippen LogP) is 5.43. The number of hydrogen-bond acceptors (Lipinski definition) is 3. The molecule has 0 bridgehead atoms. The number of pyridine rings is 2. The number of nitrogens with zero attached hydrogens (tertiary/aromatic N) is 2. The Morgan fingerprint density at radius 3 is 2.46 bits per heavy atom. The summed E-state index contributed by atoms with van der Waals surface area (Å²) in [5.41, 5.74) is 3.37. The van der Waals surface area contributed by atoms with Crippen molar-refractivity contribution < 1.29 is 0 Å². The molecule has 4 nitrogen and oxygen atoms in total. The van der Waals surface area contributed by atoms with Gasteiger partial charge in [-0.25, -0.2) is 4.98 Å². The van der Waals surface area contributed by atoms with E-state index in [9.17, 15) is 4.79 Å². The molecule has 0 aliphatic carbocycles. The van der Waals surface area contributed by atoms with E-state index in [0.717, 1.165) is 16.6 Å². The van der Waals surface area contributed by atoms with Crippen molar-refractivity contribution >= 4 is 28.3 Å². The fourth-order valence-corrected chi connectivity index (χ4v) is 3.53. The van der Waals surface area contributed by atoms with Crippen LogP contribution in [0.2, 0.25) is 5.02 Å². The van der Waals surface area contributed by atoms with Gasteiger partial charge in [0.25, 0.3) is 0 Å². The molecule has 5 heteroatoms. The van der Waals surface area contributed by atoms with Gasteiger partial charge in [0.1, 0.15) is 5.82 Å². The molecule has 2 aromatic carbocycles. The first-order valence-electron chi connectivity index (χ1n) is 9.10. The van der Waals surface area contributed by atoms with E-state index in [2.05, 4.69) is 29.4 Å². The molecular formula is C23H20ClN3O. The van der Waals surface area contributed by atoms with Crippen molar-refractivity contribution in [1.82, 2.24) is 9.55 Å². The Morgan fingerprint density at radius 1 is 1.04 bits per heavy atom. The minimum Gasteiger partial charge on any atom is -0.363 e. The minimum atomic E-state index is -0.0497. The summed E-state index contributed by atoms with van der Waals surface area (Å²) in [5.74, 6) is 0.588. The minimum absolute atomic E-state index is 0.0168. The first kappa shape index (κ1) is 18.3. The molecular weight excluding hydrogens is 370 g/mol. The van der Waals surface area contributed by atoms with Crippen LogP contribution in [0.1, 0.15) is 18.5 Å². The zero-order valence-electron chi connectivity index (χ0n) is 15.7. The molecule has 2 heterocycles. The summed E-state index contributed by atoms with van der Waals surface area (Å²) in [6, 6.07) is 19.3. The number of anilines is 1. The summed E-state index contributed by atoms with van der Waals surface area (Å²) >= 11 is 6.00. The molecule has 4 rings (SSSR count). The summed E-state index contributed by atoms with van der Waals surface area (Å²) in [4.78, 5) is 17.9. The Hall–Kier alpha value is -3.11. The first-order chi connectivity index (χ1) is 13.5. The van der Waals surface area contributed by atoms with E-state index in [4.69, 9.17) is 11.6 Å². The molecule has 1 unspecified atom stereocenters. The lowest BCUT2D eigenvalue weighted by molar-refractivity contribution is 0.875. The molecule has 28 heavy (non-hydrogen) atoms. The molecule has 4 aromatic rings. The van der Waals surface area contributed by atoms with Gasteiger partial charge in [-0.15, -0.1) is 0 Å². The van der Waals surface area contributed by atoms with Crippen molar-refractivity contribution in [3.05, 3.63) is 93.9 Å². The van der Waals surface area contributed by atoms with Crippen LogP contribution in [-0.2, 0) is 7.05 Å². The number of aryl methyl sites for hydroxylation is 1. The van der Waals surface area contributed by atoms with Gasteiger partial charge in [-0.3, -0.25) is 4.79 Å². The van der Waals surface area contributed by atoms with Crippen LogP contribution in [0.4, 0.5) is 5.82 Å². The molecule has 140 valence electrons. The van der Waals surface area contributed by atoms with Gasteiger partial charge in [-0.1, -0.05) is 54.1 Å². The lowest BCUT2D eigenvalue weighted by Crippen LogP contribution is -2.15. The van der Waals surface area contributed by atoms with Gasteiger partial charge in [0.2, 0.25) is 5.43 Å². The Balaban J connectivity index is 1.86. The summed E-state index contributed by atoms with van der Waals surface area (Å²) in [6.45, 7) is 2.06. The van der Waals surface area contributed by atoms with E-state index in [-0.39, 0.29) is 11.5 Å². The van der Waals surface area contributed by atoms with Crippen molar-refractivity contribution in [3.63, 3.8) is 0 Å². The fourth-order valence-electron chi connectivity index (χ4n) is 3.40. The van der Waals surface area contributed by atoms with E-state index in [1.54, 1.807) is 18.3 Å². The predicted molar refractivity (Wildman–Crippen MR) is 116 cm³/mol. The van der Waals surface area contributed by atoms with Crippen molar-refractivity contribution in [3.8, 4) is 11.1 Å². The van der Waals surface area contributed by atoms with E-state index < -0.39 is 0 Å². The SMILES string of the molecule is CC(Nc1nccc2c1c(=O)c(-c1ccc(Cl)cc1)cn2C)c1ccccc1. The molecule has 0 amide bonds. The number of nitrogens with one attached hydrogen (secondary N) is 1. The average molecular weight is 390 g/mol. The van der Waals surface area contributed by atoms with E-state index in [1.165, 1.54) is 0 Å². The van der Waals surface area contributed by atoms with Crippen molar-refractivity contribution in [2.24, 2.45) is 7.05 Å². The standard InChI is InChI=1S/C23H20ClN3O/c1-15(16-6-4-3-5-7-16)26-23-21-20(12-13-25-23)27(2)14-19(22(21)28)17-8-10-18(24)11-9-17/h3-15H,1-2H3,(H,25,26). The van der Waals surface area contributed by atoms with Crippen LogP contribution in [0.25, 0.3) is 22.0 Å². The van der Waals surface area contributed by atoms with Gasteiger partial charge in [0, 0.05) is 36.1 Å². The molecule has 0 aliphatic heterocycles. The monoisotopic (exact) mass is 389 g/mol. The third-order valence-electron chi connectivity index (χ3n) is 4.91. The summed E-state index contributed by atoms with van der Waals surface area (Å²) in [5, 5.41) is 4.64. The number of rotatable bonds is 4. The maximum Gasteiger partial charge on any atom is 0.200 e. The second-order valence-corrected chi connectivity index (χ2v) is 7.26. The molecule has 0 saturated heterocycles. The zero-order chi connectivity index (χ0) is 19.7. The van der Waals surface area contributed by atoms with Gasteiger partial charge in [0.05, 0.1) is 10.9 Å². The lowest BCUT2D eigenvalue weighted by atomic mass is 10.0. The Bertz CT molecular complexity index is 1180. The first-order valence-corrected chi connectivity index (χ1v) is 9.48. The van der Waals surface area contributed by atoms with Crippen LogP contribution < -0.4 is 10.7 Å². The fraction of sp³-hybridized carbons (Fsp3) is 0.130. The summed E-state index contributed by atoms with van der Waals surface area (Å²) in [7, 11) is 1.94. The zero-order valence-corrected chi connectivity index (χ0v) is 16.4. The molecule has 1 N–H and O–H groups in total. The van der Waals surface area contributed by atoms with E-state index >= 15 is 0 Å². The molecule has 0 fully saturated rings. The van der Waals surface area contributed by atoms with Crippen LogP contribution in [0, 0.1) is 0 Å². The molecule has 0 saturated carbocycles. The Morgan fingerprint density at radius 2 is 1.75 bits per heavy atom. The van der Waals surface area contributed by atoms with Gasteiger partial charge < -0.3 is 9.88 Å². The highest BCUT2D eigenvalue weighted by Gasteiger charge is 2.15. The van der Waals surface area contributed by atoms with Gasteiger partial charge >= 0.3 is 0 Å². The smallest absolute Gasteiger partial charge is 0.200 e. The molecule has 0 spiro atoms. The van der Waals surface area contributed by atoms with Crippen molar-refractivity contribution in [2.45, 2.75) is 13.0 Å². The van der Waals surface area contributed by atoms with Crippen LogP contribution in [0.5, 0.6) is 0 Å². The maximum atomic E-state index is 13.4. The van der Waals surface area contributed by atoms with Crippen LogP contribution in [0.3, 0.4) is 0 Å². The third kappa shape index (κ3) is 3.39. The highest BCUT2D eigenvalue weighted by Crippen LogP contribution is 2.26. The molecule has 0 aliphatic rings. The van der Waals surface area contributed by atoms with Crippen molar-refractivity contribution in [2.75, 3.05) is 5.32 Å². The van der Waals surface area contributed by atoms with Crippen molar-refractivity contribution in [1.29, 1.82) is 0 Å². The topological polar surface area (TPSA) is 46.9 Å². The number of benzene rings is 2. The lowest BCUT2D eigenvalue weighted by Gasteiger charge is -2.17. The van der Waals surface area contributed by atoms with Gasteiger partial charge in [-0.05, 0) is 36.2 Å². The number of fused-ring (bicyclic) bond motifs is 1. The number of hydrogen-bond donors (Lipinski definition) is 1. The second kappa shape index (κ2) is 7.49. The molecule has 1 atom stereocenters. The van der Waals surface area contributed by atoms with Gasteiger partial charge in [0.15, 0.2) is 0 Å². The quantitative estimate of drug-likeness (QED) is 0.506. The maximum absolute atomic E-state index is 13.4. The van der Waals surface area contributed by atoms with E-state index in [0.29, 0.717) is 21.8 Å². The molecule has 0 radical (unpaired) electrons. The van der Waals surface area contributed by atoms with Crippen LogP contribution in [0.15, 0.2) is 77.9 Å². The highest BCUT2D eigenvalue weighted by molar-refractivity contribution is 6.30. The normalized spacial score (nSPS) is 12.1. The molecule has 2 aromatic heterocycles. The Labute approximate surface area is 168 Å². The average Bonchev–Trinajstić information content (AvgIpc) is 2.72. The van der Waals surface area contributed by atoms with Crippen LogP contribution >= 0.6 is 11.6 Å². The summed E-state index contributed by atoms with van der Waals surface area (Å²) < 4.78 is 1.96. The largest absolute Gasteiger partial charge is 0.363 e. The second-order valence-electron chi connectivity index (χ2n) is 6.82. The highest BCUT2D eigenvalue weighted by atomic mass is 35.5. The summed E-state index contributed by atoms with van der Waals surface area (Å²) in [6.07, 6.45) is 3.59. The number of halogens is 1. The third-order valence-corrected chi connectivity index (χ3v) is 5.16. The number of aromatic nitrogens is 2. The van der Waals surface area contributed by atoms with E-state index in [1.807, 2.05) is 54.2 Å². The van der Waals surface area contributed by atoms with Gasteiger partial charge in [-0.2, -0.15) is 0 Å². The van der Waals surface area contributed by atoms with Crippen LogP contribution in [-0.4, -0.2) is 9.55 Å². The Kier molecular flexibility index (Phi) is 4.88.